The molecule has 2 heterocycles. The summed E-state index contributed by atoms with van der Waals surface area (Å²) in [6.07, 6.45) is 0. The smallest absolute Gasteiger partial charge is 0.267 e. The van der Waals surface area contributed by atoms with Gasteiger partial charge in [0.1, 0.15) is 5.69 Å². The maximum atomic E-state index is 12.5. The Hall–Kier alpha value is -3.55. The van der Waals surface area contributed by atoms with Crippen LogP contribution in [-0.2, 0) is 6.54 Å². The molecule has 2 aromatic heterocycles. The molecule has 0 aliphatic carbocycles. The molecular formula is C18H17N5O3. The van der Waals surface area contributed by atoms with E-state index in [1.54, 1.807) is 56.3 Å². The van der Waals surface area contributed by atoms with Crippen LogP contribution in [0, 0.1) is 6.92 Å². The number of aromatic nitrogens is 3. The van der Waals surface area contributed by atoms with Gasteiger partial charge in [-0.15, -0.1) is 0 Å². The number of amides is 2. The molecule has 0 bridgehead atoms. The highest BCUT2D eigenvalue weighted by Gasteiger charge is 2.17. The Morgan fingerprint density at radius 3 is 2.38 bits per heavy atom. The van der Waals surface area contributed by atoms with Crippen LogP contribution in [0.1, 0.15) is 33.6 Å². The second kappa shape index (κ2) is 7.14. The minimum Gasteiger partial charge on any atom is -0.267 e. The van der Waals surface area contributed by atoms with Gasteiger partial charge in [0.05, 0.1) is 5.39 Å². The van der Waals surface area contributed by atoms with Crippen LogP contribution >= 0.6 is 0 Å². The van der Waals surface area contributed by atoms with Crippen molar-refractivity contribution in [3.63, 3.8) is 0 Å². The van der Waals surface area contributed by atoms with Crippen LogP contribution in [0.5, 0.6) is 0 Å². The average molecular weight is 351 g/mol. The van der Waals surface area contributed by atoms with Crippen LogP contribution in [0.25, 0.3) is 10.8 Å². The lowest BCUT2D eigenvalue weighted by atomic mass is 10.1. The summed E-state index contributed by atoms with van der Waals surface area (Å²) in [6, 6.07) is 11.7. The Kier molecular flexibility index (Phi) is 4.74. The largest absolute Gasteiger partial charge is 0.290 e. The Balaban J connectivity index is 1.87. The van der Waals surface area contributed by atoms with Crippen molar-refractivity contribution in [1.82, 2.24) is 25.6 Å². The fraction of sp³-hybridized carbons (Fsp3) is 0.167. The van der Waals surface area contributed by atoms with Gasteiger partial charge in [0.2, 0.25) is 0 Å². The van der Waals surface area contributed by atoms with Crippen LogP contribution in [0.4, 0.5) is 0 Å². The van der Waals surface area contributed by atoms with Crippen molar-refractivity contribution in [1.29, 1.82) is 0 Å². The lowest BCUT2D eigenvalue weighted by molar-refractivity contribution is 0.0841. The summed E-state index contributed by atoms with van der Waals surface area (Å²) < 4.78 is 1.21. The summed E-state index contributed by atoms with van der Waals surface area (Å²) in [5.74, 6) is -1.17. The molecule has 0 saturated heterocycles. The van der Waals surface area contributed by atoms with E-state index in [0.29, 0.717) is 23.0 Å². The van der Waals surface area contributed by atoms with Gasteiger partial charge in [-0.25, -0.2) is 9.67 Å². The molecule has 0 saturated carbocycles. The molecule has 132 valence electrons. The molecule has 2 amide bonds. The Morgan fingerprint density at radius 2 is 1.69 bits per heavy atom. The number of hydrazine groups is 1. The number of hydrogen-bond acceptors (Lipinski definition) is 5. The molecule has 3 aromatic rings. The minimum atomic E-state index is -0.621. The van der Waals surface area contributed by atoms with Crippen molar-refractivity contribution in [2.75, 3.05) is 0 Å². The molecule has 26 heavy (non-hydrogen) atoms. The van der Waals surface area contributed by atoms with Gasteiger partial charge >= 0.3 is 0 Å². The van der Waals surface area contributed by atoms with Crippen LogP contribution in [0.3, 0.4) is 0 Å². The fourth-order valence-corrected chi connectivity index (χ4v) is 2.52. The Bertz CT molecular complexity index is 1060. The second-order valence-electron chi connectivity index (χ2n) is 5.59. The van der Waals surface area contributed by atoms with Crippen LogP contribution in [0.2, 0.25) is 0 Å². The SMILES string of the molecule is CCn1nc(C(=O)NNC(=O)c2cccc(C)n2)c2ccccc2c1=O. The number of nitrogens with zero attached hydrogens (tertiary/aromatic N) is 3. The first-order valence-corrected chi connectivity index (χ1v) is 8.05. The lowest BCUT2D eigenvalue weighted by Gasteiger charge is -2.11. The number of nitrogens with one attached hydrogen (secondary N) is 2. The van der Waals surface area contributed by atoms with Gasteiger partial charge in [-0.2, -0.15) is 5.10 Å². The van der Waals surface area contributed by atoms with Crippen molar-refractivity contribution in [3.05, 3.63) is 69.9 Å². The second-order valence-corrected chi connectivity index (χ2v) is 5.59. The molecule has 8 nitrogen and oxygen atoms in total. The summed E-state index contributed by atoms with van der Waals surface area (Å²) in [6.45, 7) is 3.85. The van der Waals surface area contributed by atoms with Gasteiger partial charge in [0.25, 0.3) is 17.4 Å². The fourth-order valence-electron chi connectivity index (χ4n) is 2.52. The van der Waals surface area contributed by atoms with Crippen molar-refractivity contribution < 1.29 is 9.59 Å². The molecule has 0 fully saturated rings. The van der Waals surface area contributed by atoms with E-state index in [-0.39, 0.29) is 16.9 Å². The normalized spacial score (nSPS) is 10.5. The molecule has 0 spiro atoms. The third-order valence-corrected chi connectivity index (χ3v) is 3.79. The van der Waals surface area contributed by atoms with Gasteiger partial charge in [0.15, 0.2) is 5.69 Å². The number of pyridine rings is 1. The topological polar surface area (TPSA) is 106 Å². The van der Waals surface area contributed by atoms with Crippen LogP contribution < -0.4 is 16.4 Å². The van der Waals surface area contributed by atoms with E-state index in [0.717, 1.165) is 0 Å². The maximum absolute atomic E-state index is 12.5. The van der Waals surface area contributed by atoms with Crippen LogP contribution in [0.15, 0.2) is 47.3 Å². The first kappa shape index (κ1) is 17.3. The van der Waals surface area contributed by atoms with E-state index in [1.165, 1.54) is 4.68 Å². The van der Waals surface area contributed by atoms with E-state index in [4.69, 9.17) is 0 Å². The third kappa shape index (κ3) is 3.30. The van der Waals surface area contributed by atoms with Gasteiger partial charge in [-0.3, -0.25) is 25.2 Å². The van der Waals surface area contributed by atoms with E-state index >= 15 is 0 Å². The van der Waals surface area contributed by atoms with Gasteiger partial charge in [0, 0.05) is 17.6 Å². The first-order chi connectivity index (χ1) is 12.5. The summed E-state index contributed by atoms with van der Waals surface area (Å²) in [4.78, 5) is 41.0. The van der Waals surface area contributed by atoms with Crippen molar-refractivity contribution in [3.8, 4) is 0 Å². The number of rotatable bonds is 3. The predicted molar refractivity (Wildman–Crippen MR) is 95.6 cm³/mol. The highest BCUT2D eigenvalue weighted by molar-refractivity contribution is 6.05. The van der Waals surface area contributed by atoms with Crippen LogP contribution in [-0.4, -0.2) is 26.6 Å². The predicted octanol–water partition coefficient (Wildman–Crippen LogP) is 1.19. The molecule has 0 radical (unpaired) electrons. The van der Waals surface area contributed by atoms with Gasteiger partial charge < -0.3 is 0 Å². The summed E-state index contributed by atoms with van der Waals surface area (Å²) >= 11 is 0. The van der Waals surface area contributed by atoms with Crippen molar-refractivity contribution in [2.24, 2.45) is 0 Å². The summed E-state index contributed by atoms with van der Waals surface area (Å²) in [7, 11) is 0. The first-order valence-electron chi connectivity index (χ1n) is 8.05. The lowest BCUT2D eigenvalue weighted by Crippen LogP contribution is -2.43. The maximum Gasteiger partial charge on any atom is 0.290 e. The number of hydrogen-bond donors (Lipinski definition) is 2. The number of fused-ring (bicyclic) bond motifs is 1. The molecular weight excluding hydrogens is 334 g/mol. The van der Waals surface area contributed by atoms with Crippen molar-refractivity contribution in [2.45, 2.75) is 20.4 Å². The monoisotopic (exact) mass is 351 g/mol. The number of benzene rings is 1. The van der Waals surface area contributed by atoms with E-state index in [9.17, 15) is 14.4 Å². The number of carbonyl (C=O) groups is 2. The molecule has 3 rings (SSSR count). The standard InChI is InChI=1S/C18H17N5O3/c1-3-23-18(26)13-9-5-4-8-12(13)15(22-23)17(25)21-20-16(24)14-10-6-7-11(2)19-14/h4-10H,3H2,1-2H3,(H,20,24)(H,21,25). The average Bonchev–Trinajstić information content (AvgIpc) is 2.66. The molecule has 1 aromatic carbocycles. The zero-order valence-corrected chi connectivity index (χ0v) is 14.3. The molecule has 0 aliphatic heterocycles. The van der Waals surface area contributed by atoms with Crippen molar-refractivity contribution >= 4 is 22.6 Å². The van der Waals surface area contributed by atoms with E-state index in [2.05, 4.69) is 20.9 Å². The molecule has 0 aliphatic rings. The quantitative estimate of drug-likeness (QED) is 0.690. The Labute approximate surface area is 148 Å². The number of aryl methyl sites for hydroxylation is 2. The summed E-state index contributed by atoms with van der Waals surface area (Å²) in [5, 5.41) is 4.92. The molecule has 8 heteroatoms. The van der Waals surface area contributed by atoms with Gasteiger partial charge in [-0.1, -0.05) is 24.3 Å². The highest BCUT2D eigenvalue weighted by atomic mass is 16.2. The molecule has 0 atom stereocenters. The zero-order valence-electron chi connectivity index (χ0n) is 14.3. The van der Waals surface area contributed by atoms with Gasteiger partial charge in [-0.05, 0) is 32.0 Å². The number of carbonyl (C=O) groups excluding carboxylic acids is 2. The Morgan fingerprint density at radius 1 is 1.00 bits per heavy atom. The minimum absolute atomic E-state index is 0.0551. The summed E-state index contributed by atoms with van der Waals surface area (Å²) in [5.41, 5.74) is 5.29. The van der Waals surface area contributed by atoms with E-state index < -0.39 is 11.8 Å². The zero-order chi connectivity index (χ0) is 18.7. The third-order valence-electron chi connectivity index (χ3n) is 3.79. The molecule has 2 N–H and O–H groups in total. The van der Waals surface area contributed by atoms with E-state index in [1.807, 2.05) is 0 Å². The highest BCUT2D eigenvalue weighted by Crippen LogP contribution is 2.13. The molecule has 0 unspecified atom stereocenters.